The first-order valence-corrected chi connectivity index (χ1v) is 22.5. The number of nitrogens with zero attached hydrogens (tertiary/aromatic N) is 1. The minimum atomic E-state index is -1.38. The first-order valence-electron chi connectivity index (χ1n) is 22.5. The van der Waals surface area contributed by atoms with Gasteiger partial charge in [-0.2, -0.15) is 0 Å². The molecule has 354 valence electrons. The lowest BCUT2D eigenvalue weighted by molar-refractivity contribution is -0.385. The van der Waals surface area contributed by atoms with Gasteiger partial charge < -0.3 is 52.1 Å². The van der Waals surface area contributed by atoms with Crippen LogP contribution in [-0.2, 0) is 60.6 Å². The SMILES string of the molecule is C=CCO[C@@H]1[C@H](OC(C)=O)[C@H](O[C@H]2[C@H](OCc3ccccc3)[C@@H](N3C(=O)c4ccccc4C3=O)[C@H](Oc3ccc(OC)cc3)O[C@@H]2COCc2ccccc2)O[C@@H]2CO[C@@H](c3ccccc3)O[C@@H]12. The zero-order valence-electron chi connectivity index (χ0n) is 37.6. The average Bonchev–Trinajstić information content (AvgIpc) is 3.62. The normalized spacial score (nSPS) is 27.7. The van der Waals surface area contributed by atoms with Crippen LogP contribution in [0.2, 0.25) is 0 Å². The summed E-state index contributed by atoms with van der Waals surface area (Å²) in [7, 11) is 1.55. The van der Waals surface area contributed by atoms with E-state index in [4.69, 9.17) is 52.1 Å². The molecule has 3 saturated heterocycles. The molecule has 15 nitrogen and oxygen atoms in total. The highest BCUT2D eigenvalue weighted by Crippen LogP contribution is 2.41. The first kappa shape index (κ1) is 46.8. The van der Waals surface area contributed by atoms with Crippen molar-refractivity contribution < 1.29 is 66.5 Å². The second-order valence-electron chi connectivity index (χ2n) is 16.6. The summed E-state index contributed by atoms with van der Waals surface area (Å²) < 4.78 is 71.5. The van der Waals surface area contributed by atoms with Crippen LogP contribution in [0.3, 0.4) is 0 Å². The highest BCUT2D eigenvalue weighted by Gasteiger charge is 2.59. The van der Waals surface area contributed by atoms with Gasteiger partial charge in [-0.15, -0.1) is 6.58 Å². The Morgan fingerprint density at radius 2 is 1.31 bits per heavy atom. The Bertz CT molecular complexity index is 2440. The molecule has 5 aromatic carbocycles. The number of benzene rings is 5. The zero-order chi connectivity index (χ0) is 47.0. The molecule has 0 N–H and O–H groups in total. The third-order valence-corrected chi connectivity index (χ3v) is 12.1. The molecular weight excluding hydrogens is 875 g/mol. The molecule has 0 unspecified atom stereocenters. The van der Waals surface area contributed by atoms with Crippen LogP contribution in [0.25, 0.3) is 0 Å². The smallest absolute Gasteiger partial charge is 0.303 e. The lowest BCUT2D eigenvalue weighted by Gasteiger charge is -2.52. The number of carbonyl (C=O) groups excluding carboxylic acids is 3. The first-order chi connectivity index (χ1) is 33.3. The summed E-state index contributed by atoms with van der Waals surface area (Å²) >= 11 is 0. The van der Waals surface area contributed by atoms with Crippen LogP contribution in [-0.4, -0.2) is 111 Å². The molecule has 15 heteroatoms. The third-order valence-electron chi connectivity index (χ3n) is 12.1. The number of ether oxygens (including phenoxy) is 11. The van der Waals surface area contributed by atoms with Crippen LogP contribution in [0.5, 0.6) is 11.5 Å². The number of fused-ring (bicyclic) bond motifs is 2. The molecule has 0 spiro atoms. The fourth-order valence-corrected chi connectivity index (χ4v) is 8.93. The van der Waals surface area contributed by atoms with Crippen LogP contribution < -0.4 is 9.47 Å². The van der Waals surface area contributed by atoms with Crippen LogP contribution in [0.4, 0.5) is 0 Å². The van der Waals surface area contributed by atoms with E-state index in [0.717, 1.165) is 21.6 Å². The fraction of sp³-hybridized carbons (Fsp3) is 0.340. The van der Waals surface area contributed by atoms with Gasteiger partial charge in [0, 0.05) is 12.5 Å². The predicted octanol–water partition coefficient (Wildman–Crippen LogP) is 6.99. The summed E-state index contributed by atoms with van der Waals surface area (Å²) in [6, 6.07) is 40.6. The van der Waals surface area contributed by atoms with Crippen LogP contribution in [0.15, 0.2) is 152 Å². The number of hydrogen-bond acceptors (Lipinski definition) is 14. The van der Waals surface area contributed by atoms with Gasteiger partial charge in [0.25, 0.3) is 11.8 Å². The maximum atomic E-state index is 14.6. The van der Waals surface area contributed by atoms with Crippen molar-refractivity contribution in [3.8, 4) is 11.5 Å². The number of amides is 2. The summed E-state index contributed by atoms with van der Waals surface area (Å²) in [6.45, 7) is 5.37. The summed E-state index contributed by atoms with van der Waals surface area (Å²) in [5, 5.41) is 0. The van der Waals surface area contributed by atoms with E-state index in [1.165, 1.54) is 6.92 Å². The largest absolute Gasteiger partial charge is 0.497 e. The number of methoxy groups -OCH3 is 1. The quantitative estimate of drug-likeness (QED) is 0.0503. The number of rotatable bonds is 18. The molecule has 2 amide bonds. The minimum absolute atomic E-state index is 0.00903. The molecule has 4 aliphatic heterocycles. The lowest BCUT2D eigenvalue weighted by atomic mass is 9.93. The van der Waals surface area contributed by atoms with Gasteiger partial charge in [0.2, 0.25) is 6.29 Å². The van der Waals surface area contributed by atoms with Crippen molar-refractivity contribution in [3.63, 3.8) is 0 Å². The number of hydrogen-bond donors (Lipinski definition) is 0. The van der Waals surface area contributed by atoms with E-state index in [1.807, 2.05) is 91.0 Å². The van der Waals surface area contributed by atoms with Crippen molar-refractivity contribution >= 4 is 17.8 Å². The van der Waals surface area contributed by atoms with Crippen LogP contribution in [0, 0.1) is 0 Å². The molecule has 3 fully saturated rings. The molecule has 4 aliphatic rings. The fourth-order valence-electron chi connectivity index (χ4n) is 8.93. The van der Waals surface area contributed by atoms with Gasteiger partial charge in [-0.05, 0) is 47.5 Å². The van der Waals surface area contributed by atoms with E-state index >= 15 is 0 Å². The van der Waals surface area contributed by atoms with Gasteiger partial charge in [0.1, 0.15) is 54.2 Å². The van der Waals surface area contributed by atoms with Gasteiger partial charge in [-0.25, -0.2) is 0 Å². The molecule has 0 aliphatic carbocycles. The second-order valence-corrected chi connectivity index (χ2v) is 16.6. The van der Waals surface area contributed by atoms with E-state index in [2.05, 4.69) is 6.58 Å². The zero-order valence-corrected chi connectivity index (χ0v) is 37.6. The molecule has 0 bridgehead atoms. The van der Waals surface area contributed by atoms with Gasteiger partial charge in [-0.3, -0.25) is 19.3 Å². The third kappa shape index (κ3) is 10.4. The molecular formula is C53H53NO14. The van der Waals surface area contributed by atoms with E-state index in [0.29, 0.717) is 11.5 Å². The van der Waals surface area contributed by atoms with E-state index in [-0.39, 0.29) is 44.2 Å². The molecule has 5 aromatic rings. The summed E-state index contributed by atoms with van der Waals surface area (Å²) in [4.78, 5) is 43.5. The monoisotopic (exact) mass is 927 g/mol. The van der Waals surface area contributed by atoms with Crippen molar-refractivity contribution in [2.24, 2.45) is 0 Å². The molecule has 0 radical (unpaired) electrons. The van der Waals surface area contributed by atoms with Crippen molar-refractivity contribution in [1.82, 2.24) is 4.90 Å². The van der Waals surface area contributed by atoms with Crippen LogP contribution >= 0.6 is 0 Å². The Morgan fingerprint density at radius 3 is 1.94 bits per heavy atom. The Balaban J connectivity index is 1.13. The van der Waals surface area contributed by atoms with Crippen molar-refractivity contribution in [2.75, 3.05) is 26.9 Å². The molecule has 0 saturated carbocycles. The maximum Gasteiger partial charge on any atom is 0.303 e. The molecule has 11 atom stereocenters. The standard InChI is InChI=1S/C53H53NO14/c1-4-28-60-47-45-42(32-62-51(67-45)36-20-12-7-13-21-36)66-53(48(47)63-33(2)55)68-44-41(31-59-29-34-16-8-5-9-17-34)65-52(64-38-26-24-37(58-3)25-27-38)43(46(44)61-30-35-18-10-6-11-19-35)54-49(56)39-22-14-15-23-40(39)50(54)57/h4-27,41-48,51-53H,1,28-32H2,2-3H3/t41-,42-,43-,44-,45-,46-,47+,48+,51-,52-,53+/m1/s1. The van der Waals surface area contributed by atoms with Gasteiger partial charge in [0.05, 0.1) is 51.3 Å². The second kappa shape index (κ2) is 21.8. The maximum absolute atomic E-state index is 14.6. The summed E-state index contributed by atoms with van der Waals surface area (Å²) in [6.07, 6.45) is -9.20. The van der Waals surface area contributed by atoms with Gasteiger partial charge in [-0.1, -0.05) is 109 Å². The summed E-state index contributed by atoms with van der Waals surface area (Å²) in [5.74, 6) is -0.857. The Morgan fingerprint density at radius 1 is 0.691 bits per heavy atom. The Hall–Kier alpha value is -6.27. The van der Waals surface area contributed by atoms with Crippen molar-refractivity contribution in [3.05, 3.63) is 180 Å². The Kier molecular flexibility index (Phi) is 15.0. The molecule has 4 heterocycles. The minimum Gasteiger partial charge on any atom is -0.497 e. The predicted molar refractivity (Wildman–Crippen MR) is 243 cm³/mol. The highest BCUT2D eigenvalue weighted by atomic mass is 16.8. The van der Waals surface area contributed by atoms with Crippen LogP contribution in [0.1, 0.15) is 50.6 Å². The highest BCUT2D eigenvalue weighted by molar-refractivity contribution is 6.21. The van der Waals surface area contributed by atoms with Crippen molar-refractivity contribution in [2.45, 2.75) is 87.8 Å². The number of imide groups is 1. The summed E-state index contributed by atoms with van der Waals surface area (Å²) in [5.41, 5.74) is 2.88. The van der Waals surface area contributed by atoms with E-state index in [9.17, 15) is 14.4 Å². The number of carbonyl (C=O) groups is 3. The Labute approximate surface area is 394 Å². The van der Waals surface area contributed by atoms with E-state index in [1.54, 1.807) is 61.7 Å². The topological polar surface area (TPSA) is 156 Å². The van der Waals surface area contributed by atoms with Gasteiger partial charge in [0.15, 0.2) is 18.7 Å². The average molecular weight is 928 g/mol. The molecule has 68 heavy (non-hydrogen) atoms. The lowest BCUT2D eigenvalue weighted by Crippen LogP contribution is -2.70. The number of esters is 1. The van der Waals surface area contributed by atoms with Gasteiger partial charge >= 0.3 is 5.97 Å². The van der Waals surface area contributed by atoms with Crippen molar-refractivity contribution in [1.29, 1.82) is 0 Å². The molecule has 9 rings (SSSR count). The molecule has 0 aromatic heterocycles. The van der Waals surface area contributed by atoms with E-state index < -0.39 is 85.4 Å².